The molecule has 1 rings (SSSR count). The molecule has 1 N–H and O–H groups in total. The van der Waals surface area contributed by atoms with Crippen molar-refractivity contribution in [1.29, 1.82) is 0 Å². The predicted octanol–water partition coefficient (Wildman–Crippen LogP) is 5.94. The van der Waals surface area contributed by atoms with Gasteiger partial charge in [0.1, 0.15) is 0 Å². The van der Waals surface area contributed by atoms with Gasteiger partial charge in [0, 0.05) is 10.5 Å². The van der Waals surface area contributed by atoms with Crippen molar-refractivity contribution in [1.82, 2.24) is 5.32 Å². The molecule has 0 saturated carbocycles. The monoisotopic (exact) mass is 365 g/mol. The van der Waals surface area contributed by atoms with Crippen LogP contribution in [0.4, 0.5) is 13.2 Å². The first-order valence-electron chi connectivity index (χ1n) is 7.35. The van der Waals surface area contributed by atoms with Crippen LogP contribution < -0.4 is 5.32 Å². The number of rotatable bonds is 7. The third-order valence-corrected chi connectivity index (χ3v) is 3.86. The molecule has 0 fully saturated rings. The standard InChI is InChI=1S/C16H23BrF3N/c1-4-9-21-15(8-5-11(2)3)13-7-6-12(17)10-14(13)16(18,19)20/h6-7,10-11,15,21H,4-5,8-9H2,1-3H3. The van der Waals surface area contributed by atoms with Crippen molar-refractivity contribution in [3.05, 3.63) is 33.8 Å². The second-order valence-corrected chi connectivity index (χ2v) is 6.62. The lowest BCUT2D eigenvalue weighted by atomic mass is 9.93. The summed E-state index contributed by atoms with van der Waals surface area (Å²) in [5.41, 5.74) is -0.200. The van der Waals surface area contributed by atoms with E-state index in [0.717, 1.165) is 19.4 Å². The Kier molecular flexibility index (Phi) is 7.21. The molecule has 0 aliphatic carbocycles. The Morgan fingerprint density at radius 3 is 2.38 bits per heavy atom. The molecule has 120 valence electrons. The molecule has 0 amide bonds. The van der Waals surface area contributed by atoms with E-state index in [4.69, 9.17) is 0 Å². The van der Waals surface area contributed by atoms with Gasteiger partial charge in [0.2, 0.25) is 0 Å². The van der Waals surface area contributed by atoms with Gasteiger partial charge in [-0.2, -0.15) is 13.2 Å². The zero-order valence-electron chi connectivity index (χ0n) is 12.7. The van der Waals surface area contributed by atoms with Crippen LogP contribution in [0.3, 0.4) is 0 Å². The normalized spacial score (nSPS) is 13.7. The van der Waals surface area contributed by atoms with Crippen LogP contribution in [0.2, 0.25) is 0 Å². The molecule has 1 nitrogen and oxygen atoms in total. The maximum absolute atomic E-state index is 13.3. The van der Waals surface area contributed by atoms with Crippen molar-refractivity contribution in [3.8, 4) is 0 Å². The third kappa shape index (κ3) is 5.99. The Hall–Kier alpha value is -0.550. The summed E-state index contributed by atoms with van der Waals surface area (Å²) in [6.07, 6.45) is -1.82. The van der Waals surface area contributed by atoms with Crippen LogP contribution in [0.5, 0.6) is 0 Å². The zero-order valence-corrected chi connectivity index (χ0v) is 14.3. The summed E-state index contributed by atoms with van der Waals surface area (Å²) in [6.45, 7) is 6.90. The third-order valence-electron chi connectivity index (χ3n) is 3.37. The molecule has 1 unspecified atom stereocenters. The molecule has 5 heteroatoms. The number of nitrogens with one attached hydrogen (secondary N) is 1. The topological polar surface area (TPSA) is 12.0 Å². The van der Waals surface area contributed by atoms with Crippen LogP contribution in [0, 0.1) is 5.92 Å². The molecular formula is C16H23BrF3N. The largest absolute Gasteiger partial charge is 0.416 e. The number of alkyl halides is 3. The van der Waals surface area contributed by atoms with Crippen molar-refractivity contribution in [2.24, 2.45) is 5.92 Å². The highest BCUT2D eigenvalue weighted by Crippen LogP contribution is 2.37. The Labute approximate surface area is 133 Å². The van der Waals surface area contributed by atoms with Gasteiger partial charge in [-0.15, -0.1) is 0 Å². The first kappa shape index (κ1) is 18.5. The van der Waals surface area contributed by atoms with Gasteiger partial charge in [-0.3, -0.25) is 0 Å². The van der Waals surface area contributed by atoms with Crippen molar-refractivity contribution in [2.75, 3.05) is 6.54 Å². The number of halogens is 4. The predicted molar refractivity (Wildman–Crippen MR) is 84.3 cm³/mol. The molecule has 0 spiro atoms. The van der Waals surface area contributed by atoms with E-state index in [9.17, 15) is 13.2 Å². The van der Waals surface area contributed by atoms with Gasteiger partial charge in [-0.25, -0.2) is 0 Å². The molecule has 0 bridgehead atoms. The van der Waals surface area contributed by atoms with Crippen LogP contribution in [0.1, 0.15) is 57.2 Å². The Bertz CT molecular complexity index is 444. The van der Waals surface area contributed by atoms with Gasteiger partial charge in [0.05, 0.1) is 5.56 Å². The van der Waals surface area contributed by atoms with Crippen LogP contribution in [0.15, 0.2) is 22.7 Å². The molecule has 0 heterocycles. The van der Waals surface area contributed by atoms with E-state index in [-0.39, 0.29) is 6.04 Å². The molecule has 1 aromatic carbocycles. The molecular weight excluding hydrogens is 343 g/mol. The second-order valence-electron chi connectivity index (χ2n) is 5.71. The summed E-state index contributed by atoms with van der Waals surface area (Å²) in [6, 6.07) is 4.18. The summed E-state index contributed by atoms with van der Waals surface area (Å²) in [5.74, 6) is 0.473. The molecule has 0 aliphatic heterocycles. The second kappa shape index (κ2) is 8.18. The van der Waals surface area contributed by atoms with E-state index in [2.05, 4.69) is 35.1 Å². The van der Waals surface area contributed by atoms with Crippen LogP contribution in [0.25, 0.3) is 0 Å². The van der Waals surface area contributed by atoms with Crippen molar-refractivity contribution >= 4 is 15.9 Å². The zero-order chi connectivity index (χ0) is 16.0. The van der Waals surface area contributed by atoms with Crippen molar-refractivity contribution < 1.29 is 13.2 Å². The lowest BCUT2D eigenvalue weighted by molar-refractivity contribution is -0.138. The average molecular weight is 366 g/mol. The van der Waals surface area contributed by atoms with E-state index < -0.39 is 11.7 Å². The highest BCUT2D eigenvalue weighted by molar-refractivity contribution is 9.10. The van der Waals surface area contributed by atoms with E-state index >= 15 is 0 Å². The van der Waals surface area contributed by atoms with Crippen LogP contribution in [-0.4, -0.2) is 6.54 Å². The fraction of sp³-hybridized carbons (Fsp3) is 0.625. The summed E-state index contributed by atoms with van der Waals surface area (Å²) in [5, 5.41) is 3.26. The fourth-order valence-corrected chi connectivity index (χ4v) is 2.63. The maximum atomic E-state index is 13.3. The van der Waals surface area contributed by atoms with Crippen LogP contribution >= 0.6 is 15.9 Å². The van der Waals surface area contributed by atoms with Gasteiger partial charge in [0.25, 0.3) is 0 Å². The van der Waals surface area contributed by atoms with E-state index in [0.29, 0.717) is 22.4 Å². The quantitative estimate of drug-likeness (QED) is 0.629. The van der Waals surface area contributed by atoms with Gasteiger partial charge in [0.15, 0.2) is 0 Å². The Morgan fingerprint density at radius 2 is 1.86 bits per heavy atom. The SMILES string of the molecule is CCCNC(CCC(C)C)c1ccc(Br)cc1C(F)(F)F. The molecule has 0 aliphatic rings. The Morgan fingerprint density at radius 1 is 1.19 bits per heavy atom. The first-order valence-corrected chi connectivity index (χ1v) is 8.15. The lowest BCUT2D eigenvalue weighted by Crippen LogP contribution is -2.25. The van der Waals surface area contributed by atoms with E-state index in [1.807, 2.05) is 6.92 Å². The number of benzene rings is 1. The van der Waals surface area contributed by atoms with Gasteiger partial charge in [-0.05, 0) is 49.4 Å². The number of hydrogen-bond acceptors (Lipinski definition) is 1. The summed E-state index contributed by atoms with van der Waals surface area (Å²) in [4.78, 5) is 0. The summed E-state index contributed by atoms with van der Waals surface area (Å²) >= 11 is 3.13. The molecule has 1 aromatic rings. The van der Waals surface area contributed by atoms with Crippen molar-refractivity contribution in [3.63, 3.8) is 0 Å². The fourth-order valence-electron chi connectivity index (χ4n) is 2.26. The van der Waals surface area contributed by atoms with Crippen LogP contribution in [-0.2, 0) is 6.18 Å². The van der Waals surface area contributed by atoms with Gasteiger partial charge in [-0.1, -0.05) is 42.8 Å². The highest BCUT2D eigenvalue weighted by atomic mass is 79.9. The summed E-state index contributed by atoms with van der Waals surface area (Å²) in [7, 11) is 0. The molecule has 1 atom stereocenters. The van der Waals surface area contributed by atoms with Crippen molar-refractivity contribution in [2.45, 2.75) is 52.3 Å². The minimum Gasteiger partial charge on any atom is -0.310 e. The smallest absolute Gasteiger partial charge is 0.310 e. The van der Waals surface area contributed by atoms with Gasteiger partial charge >= 0.3 is 6.18 Å². The molecule has 0 aromatic heterocycles. The molecule has 0 radical (unpaired) electrons. The molecule has 0 saturated heterocycles. The molecule has 21 heavy (non-hydrogen) atoms. The maximum Gasteiger partial charge on any atom is 0.416 e. The van der Waals surface area contributed by atoms with Gasteiger partial charge < -0.3 is 5.32 Å². The highest BCUT2D eigenvalue weighted by Gasteiger charge is 2.35. The minimum absolute atomic E-state index is 0.253. The first-order chi connectivity index (χ1) is 9.75. The number of hydrogen-bond donors (Lipinski definition) is 1. The summed E-state index contributed by atoms with van der Waals surface area (Å²) < 4.78 is 40.2. The lowest BCUT2D eigenvalue weighted by Gasteiger charge is -2.24. The minimum atomic E-state index is -4.33. The average Bonchev–Trinajstić information content (AvgIpc) is 2.38. The van der Waals surface area contributed by atoms with E-state index in [1.54, 1.807) is 12.1 Å². The van der Waals surface area contributed by atoms with E-state index in [1.165, 1.54) is 6.07 Å². The Balaban J connectivity index is 3.10.